The molecule has 0 atom stereocenters. The molecule has 0 saturated heterocycles. The first-order valence-corrected chi connectivity index (χ1v) is 26.5. The lowest BCUT2D eigenvalue weighted by Crippen LogP contribution is -2.44. The summed E-state index contributed by atoms with van der Waals surface area (Å²) in [6.45, 7) is 2.03. The molecule has 18 nitrogen and oxygen atoms in total. The molecule has 5 aromatic rings. The molecule has 400 valence electrons. The average Bonchev–Trinajstić information content (AvgIpc) is 3.66. The molecule has 0 bridgehead atoms. The minimum Gasteiger partial charge on any atom is -0.445 e. The molecule has 0 unspecified atom stereocenters. The van der Waals surface area contributed by atoms with Crippen molar-refractivity contribution < 1.29 is 38.3 Å². The number of ether oxygens (including phenoxy) is 1. The number of pyridine rings is 2. The third-order valence-corrected chi connectivity index (χ3v) is 13.5. The number of benzene rings is 3. The van der Waals surface area contributed by atoms with E-state index >= 15 is 0 Å². The average molecular weight is 1040 g/mol. The molecule has 76 heavy (non-hydrogen) atoms. The van der Waals surface area contributed by atoms with E-state index in [1.165, 1.54) is 9.80 Å². The lowest BCUT2D eigenvalue weighted by molar-refractivity contribution is -0.130. The van der Waals surface area contributed by atoms with Crippen molar-refractivity contribution in [3.05, 3.63) is 132 Å². The number of amides is 7. The predicted molar refractivity (Wildman–Crippen MR) is 293 cm³/mol. The fourth-order valence-corrected chi connectivity index (χ4v) is 9.28. The van der Waals surface area contributed by atoms with Gasteiger partial charge < -0.3 is 30.5 Å². The number of fused-ring (bicyclic) bond motifs is 4. The van der Waals surface area contributed by atoms with E-state index < -0.39 is 17.9 Å². The Labute approximate surface area is 445 Å². The summed E-state index contributed by atoms with van der Waals surface area (Å²) < 4.78 is 5.23. The van der Waals surface area contributed by atoms with Crippen LogP contribution in [0.2, 0.25) is 0 Å². The fourth-order valence-electron chi connectivity index (χ4n) is 9.28. The first-order valence-electron chi connectivity index (χ1n) is 26.5. The smallest absolute Gasteiger partial charge is 0.407 e. The number of aromatic nitrogens is 2. The van der Waals surface area contributed by atoms with E-state index in [0.717, 1.165) is 69.9 Å². The molecule has 7 rings (SSSR count). The second-order valence-corrected chi connectivity index (χ2v) is 19.2. The molecule has 2 aliphatic rings. The van der Waals surface area contributed by atoms with Crippen LogP contribution in [0.1, 0.15) is 116 Å². The zero-order valence-corrected chi connectivity index (χ0v) is 43.7. The molecule has 2 aliphatic heterocycles. The molecule has 2 aromatic heterocycles. The number of hydrogen-bond donors (Lipinski definition) is 3. The normalized spacial score (nSPS) is 12.5. The van der Waals surface area contributed by atoms with Crippen LogP contribution in [-0.4, -0.2) is 120 Å². The molecular formula is C58H70N10O8. The number of para-hydroxylation sites is 2. The first kappa shape index (κ1) is 55.8. The maximum absolute atomic E-state index is 14.7. The van der Waals surface area contributed by atoms with E-state index in [2.05, 4.69) is 25.9 Å². The monoisotopic (exact) mass is 1030 g/mol. The van der Waals surface area contributed by atoms with Crippen LogP contribution in [0, 0.1) is 0 Å². The van der Waals surface area contributed by atoms with Crippen molar-refractivity contribution in [1.82, 2.24) is 30.0 Å². The van der Waals surface area contributed by atoms with Gasteiger partial charge in [-0.15, -0.1) is 0 Å². The highest BCUT2D eigenvalue weighted by Crippen LogP contribution is 2.38. The standard InChI is InChI=1S/C58H70N10O8/c1-64(50(69)32-12-8-18-34-61-58(75)76-42-43-24-10-7-11-25-43)37-19-5-3-4-6-20-38-65(2)51(70)33-13-9-21-39-66(40-52(71)67-48-30-16-14-26-44(48)56(73)62-46-28-22-35-59-54(46)67)41-53(72)68-49-31-17-15-27-45(49)57(74)63-47-29-23-36-60-55(47)68/h7,10-11,14-17,22-31,35-36H,3-6,8-9,12-13,18-21,32-34,37-42H2,1-2H3,(H,61,75)(H,62,73)(H,63,74). The predicted octanol–water partition coefficient (Wildman–Crippen LogP) is 9.24. The number of nitrogens with zero attached hydrogens (tertiary/aromatic N) is 7. The van der Waals surface area contributed by atoms with E-state index in [4.69, 9.17) is 4.74 Å². The largest absolute Gasteiger partial charge is 0.445 e. The van der Waals surface area contributed by atoms with Gasteiger partial charge in [-0.25, -0.2) is 14.8 Å². The van der Waals surface area contributed by atoms with Gasteiger partial charge in [-0.2, -0.15) is 0 Å². The topological polar surface area (TPSA) is 207 Å². The van der Waals surface area contributed by atoms with Crippen LogP contribution in [0.4, 0.5) is 39.2 Å². The number of carbonyl (C=O) groups is 7. The van der Waals surface area contributed by atoms with Gasteiger partial charge in [0, 0.05) is 59.0 Å². The van der Waals surface area contributed by atoms with Gasteiger partial charge in [0.25, 0.3) is 11.8 Å². The molecule has 3 N–H and O–H groups in total. The second kappa shape index (κ2) is 28.6. The summed E-state index contributed by atoms with van der Waals surface area (Å²) in [5.74, 6) is -0.871. The highest BCUT2D eigenvalue weighted by molar-refractivity contribution is 6.18. The lowest BCUT2D eigenvalue weighted by Gasteiger charge is -2.29. The van der Waals surface area contributed by atoms with E-state index in [1.807, 2.05) is 49.3 Å². The van der Waals surface area contributed by atoms with Gasteiger partial charge >= 0.3 is 6.09 Å². The number of unbranched alkanes of at least 4 members (excludes halogenated alkanes) is 9. The third-order valence-electron chi connectivity index (χ3n) is 13.5. The summed E-state index contributed by atoms with van der Waals surface area (Å²) in [5, 5.41) is 8.50. The van der Waals surface area contributed by atoms with Crippen LogP contribution in [0.15, 0.2) is 116 Å². The van der Waals surface area contributed by atoms with E-state index in [1.54, 1.807) is 95.0 Å². The van der Waals surface area contributed by atoms with Gasteiger partial charge in [0.1, 0.15) is 6.61 Å². The highest BCUT2D eigenvalue weighted by Gasteiger charge is 2.34. The number of rotatable bonds is 27. The first-order chi connectivity index (χ1) is 37.0. The molecule has 18 heteroatoms. The Morgan fingerprint density at radius 2 is 0.974 bits per heavy atom. The van der Waals surface area contributed by atoms with Crippen LogP contribution in [0.5, 0.6) is 0 Å². The van der Waals surface area contributed by atoms with E-state index in [0.29, 0.717) is 85.6 Å². The molecule has 4 heterocycles. The Balaban J connectivity index is 0.827. The SMILES string of the molecule is CN(CCCCCCCCN(C)C(=O)CCCCCN(CC(=O)N1c2ccccc2C(=O)Nc2cccnc21)CC(=O)N1c2ccccc2C(=O)Nc2cccnc21)C(=O)CCCCCNC(=O)OCc1ccccc1. The Morgan fingerprint density at radius 1 is 0.526 bits per heavy atom. The van der Waals surface area contributed by atoms with Crippen LogP contribution >= 0.6 is 0 Å². The molecule has 0 radical (unpaired) electrons. The molecular weight excluding hydrogens is 965 g/mol. The summed E-state index contributed by atoms with van der Waals surface area (Å²) in [4.78, 5) is 111. The summed E-state index contributed by atoms with van der Waals surface area (Å²) >= 11 is 0. The van der Waals surface area contributed by atoms with Gasteiger partial charge in [0.15, 0.2) is 11.6 Å². The van der Waals surface area contributed by atoms with Gasteiger partial charge in [0.2, 0.25) is 23.6 Å². The molecule has 0 spiro atoms. The quantitative estimate of drug-likeness (QED) is 0.0423. The van der Waals surface area contributed by atoms with Crippen molar-refractivity contribution in [3.63, 3.8) is 0 Å². The molecule has 0 aliphatic carbocycles. The Kier molecular flexibility index (Phi) is 21.0. The number of carbonyl (C=O) groups excluding carboxylic acids is 7. The van der Waals surface area contributed by atoms with Crippen molar-refractivity contribution in [2.24, 2.45) is 0 Å². The summed E-state index contributed by atoms with van der Waals surface area (Å²) in [6, 6.07) is 29.9. The Bertz CT molecular complexity index is 2670. The highest BCUT2D eigenvalue weighted by atomic mass is 16.5. The van der Waals surface area contributed by atoms with Crippen molar-refractivity contribution in [3.8, 4) is 0 Å². The van der Waals surface area contributed by atoms with Crippen molar-refractivity contribution in [2.75, 3.05) is 73.8 Å². The minimum absolute atomic E-state index is 0.0640. The van der Waals surface area contributed by atoms with Gasteiger partial charge in [-0.1, -0.05) is 93.1 Å². The van der Waals surface area contributed by atoms with Gasteiger partial charge in [-0.05, 0) is 99.2 Å². The van der Waals surface area contributed by atoms with E-state index in [9.17, 15) is 33.6 Å². The number of alkyl carbamates (subject to hydrolysis) is 1. The summed E-state index contributed by atoms with van der Waals surface area (Å²) in [7, 11) is 3.69. The Hall–Kier alpha value is -7.99. The molecule has 0 saturated carbocycles. The zero-order chi connectivity index (χ0) is 53.7. The number of nitrogens with one attached hydrogen (secondary N) is 3. The zero-order valence-electron chi connectivity index (χ0n) is 43.7. The lowest BCUT2D eigenvalue weighted by atomic mass is 10.1. The maximum atomic E-state index is 14.7. The van der Waals surface area contributed by atoms with Crippen LogP contribution in [0.3, 0.4) is 0 Å². The second-order valence-electron chi connectivity index (χ2n) is 19.2. The van der Waals surface area contributed by atoms with Crippen molar-refractivity contribution in [1.29, 1.82) is 0 Å². The van der Waals surface area contributed by atoms with E-state index in [-0.39, 0.29) is 55.0 Å². The Morgan fingerprint density at radius 3 is 1.50 bits per heavy atom. The summed E-state index contributed by atoms with van der Waals surface area (Å²) in [6.07, 6.45) is 13.8. The summed E-state index contributed by atoms with van der Waals surface area (Å²) in [5.41, 5.74) is 2.99. The van der Waals surface area contributed by atoms with Crippen LogP contribution < -0.4 is 25.8 Å². The van der Waals surface area contributed by atoms with Crippen molar-refractivity contribution >= 4 is 75.9 Å². The molecule has 0 fully saturated rings. The fraction of sp³-hybridized carbons (Fsp3) is 0.397. The molecule has 3 aromatic carbocycles. The van der Waals surface area contributed by atoms with Crippen LogP contribution in [-0.2, 0) is 30.5 Å². The van der Waals surface area contributed by atoms with Gasteiger partial charge in [0.05, 0.1) is 47.0 Å². The van der Waals surface area contributed by atoms with Crippen molar-refractivity contribution in [2.45, 2.75) is 96.5 Å². The van der Waals surface area contributed by atoms with Gasteiger partial charge in [-0.3, -0.25) is 43.5 Å². The van der Waals surface area contributed by atoms with Crippen LogP contribution in [0.25, 0.3) is 0 Å². The number of hydrogen-bond acceptors (Lipinski definition) is 11. The minimum atomic E-state index is -0.436. The third kappa shape index (κ3) is 15.8. The number of anilines is 6. The maximum Gasteiger partial charge on any atom is 0.407 e. The molecule has 7 amide bonds.